The van der Waals surface area contributed by atoms with E-state index in [-0.39, 0.29) is 5.15 Å². The van der Waals surface area contributed by atoms with Crippen molar-refractivity contribution in [2.24, 2.45) is 5.10 Å². The molecule has 0 saturated carbocycles. The Morgan fingerprint density at radius 1 is 1.10 bits per heavy atom. The molecule has 1 aromatic heterocycles. The minimum Gasteiger partial charge on any atom is -0.497 e. The van der Waals surface area contributed by atoms with Gasteiger partial charge in [-0.05, 0) is 42.0 Å². The fraction of sp³-hybridized carbons (Fsp3) is 0.238. The van der Waals surface area contributed by atoms with Crippen LogP contribution in [0.1, 0.15) is 23.6 Å². The molecular weight excluding hydrogens is 426 g/mol. The van der Waals surface area contributed by atoms with Gasteiger partial charge in [0.15, 0.2) is 0 Å². The Balaban J connectivity index is 1.79. The number of para-hydroxylation sites is 1. The summed E-state index contributed by atoms with van der Waals surface area (Å²) < 4.78 is 36.6. The van der Waals surface area contributed by atoms with Crippen LogP contribution in [0.2, 0.25) is 5.15 Å². The third kappa shape index (κ3) is 3.68. The summed E-state index contributed by atoms with van der Waals surface area (Å²) >= 11 is 6.51. The number of aromatic nitrogens is 1. The molecule has 30 heavy (non-hydrogen) atoms. The number of sulfonamides is 1. The Labute approximate surface area is 179 Å². The Bertz CT molecular complexity index is 1240. The number of hydrogen-bond acceptors (Lipinski definition) is 6. The predicted octanol–water partition coefficient (Wildman–Crippen LogP) is 4.02. The Kier molecular flexibility index (Phi) is 5.29. The summed E-state index contributed by atoms with van der Waals surface area (Å²) in [6, 6.07) is 14.1. The molecule has 3 aromatic rings. The van der Waals surface area contributed by atoms with Crippen molar-refractivity contribution in [3.8, 4) is 11.5 Å². The zero-order valence-electron chi connectivity index (χ0n) is 16.7. The minimum absolute atomic E-state index is 0.219. The van der Waals surface area contributed by atoms with Gasteiger partial charge >= 0.3 is 0 Å². The fourth-order valence-corrected chi connectivity index (χ4v) is 4.71. The van der Waals surface area contributed by atoms with E-state index in [9.17, 15) is 8.42 Å². The molecule has 0 saturated heterocycles. The number of fused-ring (bicyclic) bond motifs is 1. The lowest BCUT2D eigenvalue weighted by molar-refractivity contribution is 0.374. The average molecular weight is 446 g/mol. The summed E-state index contributed by atoms with van der Waals surface area (Å²) in [7, 11) is -0.471. The van der Waals surface area contributed by atoms with Crippen molar-refractivity contribution >= 4 is 38.2 Å². The van der Waals surface area contributed by atoms with Crippen LogP contribution in [0, 0.1) is 0 Å². The Morgan fingerprint density at radius 2 is 1.83 bits per heavy atom. The van der Waals surface area contributed by atoms with Crippen molar-refractivity contribution in [2.75, 3.05) is 20.5 Å². The summed E-state index contributed by atoms with van der Waals surface area (Å²) in [6.07, 6.45) is 1.50. The van der Waals surface area contributed by atoms with E-state index in [1.165, 1.54) is 0 Å². The molecule has 1 atom stereocenters. The smallest absolute Gasteiger partial charge is 0.247 e. The molecule has 0 fully saturated rings. The molecule has 1 unspecified atom stereocenters. The lowest BCUT2D eigenvalue weighted by Crippen LogP contribution is -2.26. The molecule has 0 spiro atoms. The highest BCUT2D eigenvalue weighted by molar-refractivity contribution is 7.88. The number of hydrogen-bond donors (Lipinski definition) is 0. The summed E-state index contributed by atoms with van der Waals surface area (Å²) in [5.41, 5.74) is 2.68. The van der Waals surface area contributed by atoms with Gasteiger partial charge in [0.25, 0.3) is 0 Å². The van der Waals surface area contributed by atoms with Crippen LogP contribution in [0.3, 0.4) is 0 Å². The first kappa shape index (κ1) is 20.4. The molecular formula is C21H20ClN3O4S. The molecule has 2 heterocycles. The van der Waals surface area contributed by atoms with Crippen molar-refractivity contribution < 1.29 is 17.9 Å². The third-order valence-electron chi connectivity index (χ3n) is 5.00. The van der Waals surface area contributed by atoms with E-state index in [0.29, 0.717) is 34.7 Å². The number of pyridine rings is 1. The molecule has 0 amide bonds. The SMILES string of the molecule is COc1ccc(C2=NN(S(C)(=O)=O)C(c3cc4cccc(OC)c4nc3Cl)C2)cc1. The van der Waals surface area contributed by atoms with E-state index in [4.69, 9.17) is 21.1 Å². The number of nitrogens with zero attached hydrogens (tertiary/aromatic N) is 3. The average Bonchev–Trinajstić information content (AvgIpc) is 3.18. The highest BCUT2D eigenvalue weighted by Crippen LogP contribution is 2.39. The quantitative estimate of drug-likeness (QED) is 0.554. The Morgan fingerprint density at radius 3 is 2.47 bits per heavy atom. The molecule has 0 aliphatic carbocycles. The first-order valence-corrected chi connectivity index (χ1v) is 11.4. The minimum atomic E-state index is -3.63. The largest absolute Gasteiger partial charge is 0.497 e. The number of hydrazone groups is 1. The van der Waals surface area contributed by atoms with Gasteiger partial charge < -0.3 is 9.47 Å². The van der Waals surface area contributed by atoms with Crippen LogP contribution in [0.25, 0.3) is 10.9 Å². The van der Waals surface area contributed by atoms with Gasteiger partial charge in [0.05, 0.1) is 32.2 Å². The lowest BCUT2D eigenvalue weighted by Gasteiger charge is -2.22. The van der Waals surface area contributed by atoms with Gasteiger partial charge in [-0.2, -0.15) is 9.52 Å². The van der Waals surface area contributed by atoms with Gasteiger partial charge in [-0.15, -0.1) is 0 Å². The summed E-state index contributed by atoms with van der Waals surface area (Å²) in [5.74, 6) is 1.31. The number of ether oxygens (including phenoxy) is 2. The molecule has 1 aliphatic rings. The second kappa shape index (κ2) is 7.77. The van der Waals surface area contributed by atoms with Crippen LogP contribution in [0.15, 0.2) is 53.6 Å². The van der Waals surface area contributed by atoms with Gasteiger partial charge in [0.2, 0.25) is 10.0 Å². The number of halogens is 1. The van der Waals surface area contributed by atoms with Crippen LogP contribution in [0.5, 0.6) is 11.5 Å². The monoisotopic (exact) mass is 445 g/mol. The van der Waals surface area contributed by atoms with Crippen molar-refractivity contribution in [1.82, 2.24) is 9.40 Å². The summed E-state index contributed by atoms with van der Waals surface area (Å²) in [6.45, 7) is 0. The molecule has 9 heteroatoms. The van der Waals surface area contributed by atoms with Crippen molar-refractivity contribution in [3.63, 3.8) is 0 Å². The van der Waals surface area contributed by atoms with Crippen molar-refractivity contribution in [2.45, 2.75) is 12.5 Å². The Hall–Kier alpha value is -2.84. The topological polar surface area (TPSA) is 81.1 Å². The van der Waals surface area contributed by atoms with Gasteiger partial charge in [-0.25, -0.2) is 13.4 Å². The van der Waals surface area contributed by atoms with Crippen LogP contribution < -0.4 is 9.47 Å². The maximum absolute atomic E-state index is 12.5. The summed E-state index contributed by atoms with van der Waals surface area (Å²) in [5, 5.41) is 5.43. The number of benzene rings is 2. The first-order chi connectivity index (χ1) is 14.3. The zero-order valence-corrected chi connectivity index (χ0v) is 18.2. The number of methoxy groups -OCH3 is 2. The van der Waals surface area contributed by atoms with Crippen LogP contribution >= 0.6 is 11.6 Å². The van der Waals surface area contributed by atoms with E-state index in [1.54, 1.807) is 20.3 Å². The molecule has 0 radical (unpaired) electrons. The second-order valence-corrected chi connectivity index (χ2v) is 9.13. The maximum Gasteiger partial charge on any atom is 0.247 e. The molecule has 4 rings (SSSR count). The highest BCUT2D eigenvalue weighted by Gasteiger charge is 2.36. The van der Waals surface area contributed by atoms with E-state index in [2.05, 4.69) is 10.1 Å². The fourth-order valence-electron chi connectivity index (χ4n) is 3.55. The van der Waals surface area contributed by atoms with E-state index in [1.807, 2.05) is 42.5 Å². The second-order valence-electron chi connectivity index (χ2n) is 6.93. The van der Waals surface area contributed by atoms with Gasteiger partial charge in [-0.3, -0.25) is 0 Å². The molecule has 1 aliphatic heterocycles. The van der Waals surface area contributed by atoms with Crippen LogP contribution in [0.4, 0.5) is 0 Å². The van der Waals surface area contributed by atoms with Gasteiger partial charge in [-0.1, -0.05) is 23.7 Å². The van der Waals surface area contributed by atoms with E-state index in [0.717, 1.165) is 21.6 Å². The van der Waals surface area contributed by atoms with Crippen molar-refractivity contribution in [1.29, 1.82) is 0 Å². The highest BCUT2D eigenvalue weighted by atomic mass is 35.5. The maximum atomic E-state index is 12.5. The van der Waals surface area contributed by atoms with Crippen molar-refractivity contribution in [3.05, 3.63) is 64.8 Å². The van der Waals surface area contributed by atoms with Gasteiger partial charge in [0, 0.05) is 17.4 Å². The summed E-state index contributed by atoms with van der Waals surface area (Å²) in [4.78, 5) is 4.48. The van der Waals surface area contributed by atoms with Crippen LogP contribution in [-0.2, 0) is 10.0 Å². The standard InChI is InChI=1S/C21H20ClN3O4S/c1-28-15-9-7-13(8-10-15)17-12-18(25(24-17)30(3,26)27)16-11-14-5-4-6-19(29-2)20(14)23-21(16)22/h4-11,18H,12H2,1-3H3. The third-order valence-corrected chi connectivity index (χ3v) is 6.32. The lowest BCUT2D eigenvalue weighted by atomic mass is 9.99. The van der Waals surface area contributed by atoms with E-state index >= 15 is 0 Å². The molecule has 2 aromatic carbocycles. The first-order valence-electron chi connectivity index (χ1n) is 9.16. The van der Waals surface area contributed by atoms with Crippen LogP contribution in [-0.4, -0.2) is 44.0 Å². The zero-order chi connectivity index (χ0) is 21.5. The molecule has 156 valence electrons. The molecule has 7 nitrogen and oxygen atoms in total. The predicted molar refractivity (Wildman–Crippen MR) is 117 cm³/mol. The molecule has 0 bridgehead atoms. The normalized spacial score (nSPS) is 16.6. The number of rotatable bonds is 5. The van der Waals surface area contributed by atoms with E-state index < -0.39 is 16.1 Å². The van der Waals surface area contributed by atoms with Gasteiger partial charge in [0.1, 0.15) is 22.2 Å². The molecule has 0 N–H and O–H groups in total.